The molecule has 1 unspecified atom stereocenters. The average molecular weight is 516 g/mol. The van der Waals surface area contributed by atoms with Gasteiger partial charge in [-0.1, -0.05) is 65.8 Å². The molecule has 7 nitrogen and oxygen atoms in total. The first-order valence-corrected chi connectivity index (χ1v) is 12.6. The molecule has 0 fully saturated rings. The lowest BCUT2D eigenvalue weighted by molar-refractivity contribution is -0.128. The minimum Gasteiger partial charge on any atom is -0.481 e. The van der Waals surface area contributed by atoms with Crippen molar-refractivity contribution < 1.29 is 19.1 Å². The monoisotopic (exact) mass is 515 g/mol. The van der Waals surface area contributed by atoms with E-state index in [4.69, 9.17) is 4.74 Å². The summed E-state index contributed by atoms with van der Waals surface area (Å²) < 4.78 is 5.69. The van der Waals surface area contributed by atoms with Crippen LogP contribution in [0.5, 0.6) is 5.75 Å². The Balaban J connectivity index is 1.49. The Kier molecular flexibility index (Phi) is 8.61. The molecule has 3 rings (SSSR count). The molecule has 200 valence electrons. The maximum Gasteiger partial charge on any atom is 0.279 e. The van der Waals surface area contributed by atoms with Gasteiger partial charge in [0.1, 0.15) is 5.75 Å². The quantitative estimate of drug-likeness (QED) is 0.364. The predicted octanol–water partition coefficient (Wildman–Crippen LogP) is 5.76. The zero-order chi connectivity index (χ0) is 28.1. The molecule has 0 aliphatic heterocycles. The number of rotatable bonds is 6. The van der Waals surface area contributed by atoms with Crippen molar-refractivity contribution in [1.29, 1.82) is 0 Å². The summed E-state index contributed by atoms with van der Waals surface area (Å²) in [5, 5.41) is 2.83. The van der Waals surface area contributed by atoms with Gasteiger partial charge in [-0.25, -0.2) is 0 Å². The zero-order valence-electron chi connectivity index (χ0n) is 23.1. The molecular weight excluding hydrogens is 478 g/mol. The van der Waals surface area contributed by atoms with E-state index in [0.717, 1.165) is 11.1 Å². The molecule has 0 aromatic heterocycles. The van der Waals surface area contributed by atoms with Gasteiger partial charge >= 0.3 is 0 Å². The molecule has 0 aliphatic carbocycles. The van der Waals surface area contributed by atoms with Gasteiger partial charge in [0.15, 0.2) is 6.10 Å². The van der Waals surface area contributed by atoms with Gasteiger partial charge in [-0.3, -0.25) is 25.2 Å². The molecule has 3 aromatic rings. The van der Waals surface area contributed by atoms with Crippen molar-refractivity contribution in [2.75, 3.05) is 5.32 Å². The second-order valence-electron chi connectivity index (χ2n) is 11.3. The molecule has 1 atom stereocenters. The fourth-order valence-corrected chi connectivity index (χ4v) is 3.61. The summed E-state index contributed by atoms with van der Waals surface area (Å²) in [6.45, 7) is 14.3. The van der Waals surface area contributed by atoms with E-state index in [2.05, 4.69) is 57.7 Å². The number of hydrazine groups is 1. The third-order valence-corrected chi connectivity index (χ3v) is 6.12. The van der Waals surface area contributed by atoms with E-state index >= 15 is 0 Å². The number of anilines is 1. The third-order valence-electron chi connectivity index (χ3n) is 6.12. The molecule has 7 heteroatoms. The van der Waals surface area contributed by atoms with Crippen molar-refractivity contribution in [1.82, 2.24) is 10.9 Å². The standard InChI is InChI=1S/C31H37N3O4/c1-20(38-26-18-14-24(15-19-26)31(5,6)7)27(35)33-34-29(37)22-10-16-25(17-11-22)32-28(36)21-8-12-23(13-9-21)30(2,3)4/h8-20H,1-7H3,(H,32,36)(H,33,35)(H,34,37). The highest BCUT2D eigenvalue weighted by molar-refractivity contribution is 6.04. The summed E-state index contributed by atoms with van der Waals surface area (Å²) in [5.41, 5.74) is 8.54. The van der Waals surface area contributed by atoms with Gasteiger partial charge in [-0.05, 0) is 77.4 Å². The number of hydrogen-bond donors (Lipinski definition) is 3. The van der Waals surface area contributed by atoms with Gasteiger partial charge < -0.3 is 10.1 Å². The van der Waals surface area contributed by atoms with Crippen LogP contribution in [0.25, 0.3) is 0 Å². The summed E-state index contributed by atoms with van der Waals surface area (Å²) >= 11 is 0. The van der Waals surface area contributed by atoms with Crippen molar-refractivity contribution in [2.45, 2.75) is 65.4 Å². The first-order chi connectivity index (χ1) is 17.7. The minimum absolute atomic E-state index is 0.00825. The van der Waals surface area contributed by atoms with Crippen LogP contribution in [-0.2, 0) is 15.6 Å². The number of hydrogen-bond acceptors (Lipinski definition) is 4. The van der Waals surface area contributed by atoms with Crippen molar-refractivity contribution in [3.05, 3.63) is 95.1 Å². The number of ether oxygens (including phenoxy) is 1. The molecule has 3 aromatic carbocycles. The Hall–Kier alpha value is -4.13. The largest absolute Gasteiger partial charge is 0.481 e. The predicted molar refractivity (Wildman–Crippen MR) is 150 cm³/mol. The Morgan fingerprint density at radius 1 is 0.632 bits per heavy atom. The van der Waals surface area contributed by atoms with Crippen LogP contribution in [0.1, 0.15) is 80.3 Å². The molecule has 0 heterocycles. The molecule has 3 amide bonds. The average Bonchev–Trinajstić information content (AvgIpc) is 2.86. The zero-order valence-corrected chi connectivity index (χ0v) is 23.1. The fourth-order valence-electron chi connectivity index (χ4n) is 3.61. The highest BCUT2D eigenvalue weighted by Gasteiger charge is 2.18. The highest BCUT2D eigenvalue weighted by Crippen LogP contribution is 2.25. The van der Waals surface area contributed by atoms with E-state index in [1.54, 1.807) is 43.3 Å². The Morgan fingerprint density at radius 3 is 1.58 bits per heavy atom. The lowest BCUT2D eigenvalue weighted by Crippen LogP contribution is -2.47. The number of amides is 3. The SMILES string of the molecule is CC(Oc1ccc(C(C)(C)C)cc1)C(=O)NNC(=O)c1ccc(NC(=O)c2ccc(C(C)(C)C)cc2)cc1. The fraction of sp³-hybridized carbons (Fsp3) is 0.323. The molecule has 0 bridgehead atoms. The first kappa shape index (κ1) is 28.4. The second kappa shape index (κ2) is 11.5. The highest BCUT2D eigenvalue weighted by atomic mass is 16.5. The molecule has 0 radical (unpaired) electrons. The van der Waals surface area contributed by atoms with Gasteiger partial charge in [0, 0.05) is 16.8 Å². The lowest BCUT2D eigenvalue weighted by Gasteiger charge is -2.20. The van der Waals surface area contributed by atoms with Gasteiger partial charge in [-0.2, -0.15) is 0 Å². The number of benzene rings is 3. The van der Waals surface area contributed by atoms with Crippen LogP contribution in [0, 0.1) is 0 Å². The van der Waals surface area contributed by atoms with Gasteiger partial charge in [0.25, 0.3) is 17.7 Å². The van der Waals surface area contributed by atoms with Gasteiger partial charge in [0.2, 0.25) is 0 Å². The normalized spacial score (nSPS) is 12.3. The van der Waals surface area contributed by atoms with Gasteiger partial charge in [-0.15, -0.1) is 0 Å². The maximum atomic E-state index is 12.6. The van der Waals surface area contributed by atoms with Crippen LogP contribution >= 0.6 is 0 Å². The molecule has 38 heavy (non-hydrogen) atoms. The number of carbonyl (C=O) groups is 3. The van der Waals surface area contributed by atoms with Crippen LogP contribution < -0.4 is 20.9 Å². The lowest BCUT2D eigenvalue weighted by atomic mass is 9.87. The van der Waals surface area contributed by atoms with Crippen LogP contribution in [0.3, 0.4) is 0 Å². The van der Waals surface area contributed by atoms with E-state index in [-0.39, 0.29) is 16.7 Å². The smallest absolute Gasteiger partial charge is 0.279 e. The topological polar surface area (TPSA) is 96.5 Å². The van der Waals surface area contributed by atoms with Crippen LogP contribution in [0.15, 0.2) is 72.8 Å². The third kappa shape index (κ3) is 7.68. The van der Waals surface area contributed by atoms with E-state index in [9.17, 15) is 14.4 Å². The van der Waals surface area contributed by atoms with Crippen LogP contribution in [0.4, 0.5) is 5.69 Å². The minimum atomic E-state index is -0.814. The van der Waals surface area contributed by atoms with Gasteiger partial charge in [0.05, 0.1) is 0 Å². The van der Waals surface area contributed by atoms with E-state index in [1.807, 2.05) is 36.4 Å². The molecule has 0 saturated carbocycles. The Labute approximate surface area is 225 Å². The van der Waals surface area contributed by atoms with Crippen molar-refractivity contribution >= 4 is 23.4 Å². The molecular formula is C31H37N3O4. The van der Waals surface area contributed by atoms with Crippen molar-refractivity contribution in [2.24, 2.45) is 0 Å². The molecule has 3 N–H and O–H groups in total. The second-order valence-corrected chi connectivity index (χ2v) is 11.3. The van der Waals surface area contributed by atoms with E-state index in [0.29, 0.717) is 22.6 Å². The summed E-state index contributed by atoms with van der Waals surface area (Å²) in [6, 6.07) is 21.5. The summed E-state index contributed by atoms with van der Waals surface area (Å²) in [5.74, 6) is -0.651. The van der Waals surface area contributed by atoms with Crippen LogP contribution in [-0.4, -0.2) is 23.8 Å². The van der Waals surface area contributed by atoms with Crippen molar-refractivity contribution in [3.8, 4) is 5.75 Å². The van der Waals surface area contributed by atoms with E-state index < -0.39 is 17.9 Å². The summed E-state index contributed by atoms with van der Waals surface area (Å²) in [6.07, 6.45) is -0.814. The molecule has 0 saturated heterocycles. The maximum absolute atomic E-state index is 12.6. The number of nitrogens with one attached hydrogen (secondary N) is 3. The van der Waals surface area contributed by atoms with E-state index in [1.165, 1.54) is 0 Å². The summed E-state index contributed by atoms with van der Waals surface area (Å²) in [7, 11) is 0. The first-order valence-electron chi connectivity index (χ1n) is 12.6. The Bertz CT molecular complexity index is 1270. The molecule has 0 spiro atoms. The summed E-state index contributed by atoms with van der Waals surface area (Å²) in [4.78, 5) is 37.4. The number of carbonyl (C=O) groups excluding carboxylic acids is 3. The Morgan fingerprint density at radius 2 is 1.08 bits per heavy atom. The molecule has 0 aliphatic rings. The van der Waals surface area contributed by atoms with Crippen LogP contribution in [0.2, 0.25) is 0 Å². The van der Waals surface area contributed by atoms with Crippen molar-refractivity contribution in [3.63, 3.8) is 0 Å².